The fraction of sp³-hybridized carbons (Fsp3) is 0.125. The number of methoxy groups -OCH3 is 3. The van der Waals surface area contributed by atoms with E-state index in [1.807, 2.05) is 85.1 Å². The third-order valence-electron chi connectivity index (χ3n) is 6.20. The van der Waals surface area contributed by atoms with Crippen LogP contribution in [0.25, 0.3) is 28.7 Å². The maximum atomic E-state index is 13.8. The van der Waals surface area contributed by atoms with Crippen LogP contribution in [0.1, 0.15) is 27.4 Å². The van der Waals surface area contributed by atoms with Gasteiger partial charge < -0.3 is 14.2 Å². The lowest BCUT2D eigenvalue weighted by Crippen LogP contribution is -2.23. The molecule has 0 fully saturated rings. The van der Waals surface area contributed by atoms with E-state index in [4.69, 9.17) is 19.2 Å². The number of rotatable bonds is 6. The van der Waals surface area contributed by atoms with E-state index in [9.17, 15) is 4.79 Å². The minimum Gasteiger partial charge on any atom is -0.493 e. The van der Waals surface area contributed by atoms with E-state index in [0.29, 0.717) is 34.0 Å². The predicted octanol–water partition coefficient (Wildman–Crippen LogP) is 6.35. The van der Waals surface area contributed by atoms with Gasteiger partial charge in [0, 0.05) is 5.56 Å². The van der Waals surface area contributed by atoms with Gasteiger partial charge in [-0.3, -0.25) is 9.36 Å². The summed E-state index contributed by atoms with van der Waals surface area (Å²) < 4.78 is 18.1. The van der Waals surface area contributed by atoms with Crippen LogP contribution in [0.4, 0.5) is 0 Å². The van der Waals surface area contributed by atoms with Gasteiger partial charge in [0.1, 0.15) is 5.82 Å². The van der Waals surface area contributed by atoms with Gasteiger partial charge in [0.2, 0.25) is 5.75 Å². The van der Waals surface area contributed by atoms with E-state index < -0.39 is 0 Å². The molecule has 5 rings (SSSR count). The largest absolute Gasteiger partial charge is 0.493 e. The summed E-state index contributed by atoms with van der Waals surface area (Å²) in [6.07, 6.45) is 3.69. The monoisotopic (exact) mass is 534 g/mol. The first-order chi connectivity index (χ1) is 19.0. The summed E-state index contributed by atoms with van der Waals surface area (Å²) in [5.74, 6) is 8.48. The number of hydrogen-bond acceptors (Lipinski definition) is 6. The number of benzene rings is 3. The SMILES string of the molecule is COc1cc(/C=C/c2nc3ccccc3c(=O)n2-c2ccc(C#Cc3cccs3)cc2C)cc(OC)c1OC. The summed E-state index contributed by atoms with van der Waals surface area (Å²) in [7, 11) is 4.71. The highest BCUT2D eigenvalue weighted by Crippen LogP contribution is 2.38. The first kappa shape index (κ1) is 25.8. The van der Waals surface area contributed by atoms with E-state index in [2.05, 4.69) is 11.8 Å². The summed E-state index contributed by atoms with van der Waals surface area (Å²) in [6, 6.07) is 20.8. The number of aromatic nitrogens is 2. The zero-order valence-electron chi connectivity index (χ0n) is 22.0. The summed E-state index contributed by atoms with van der Waals surface area (Å²) in [5.41, 5.74) is 3.81. The Balaban J connectivity index is 1.63. The van der Waals surface area contributed by atoms with Crippen LogP contribution in [0.15, 0.2) is 76.9 Å². The van der Waals surface area contributed by atoms with Crippen molar-refractivity contribution < 1.29 is 14.2 Å². The van der Waals surface area contributed by atoms with Crippen molar-refractivity contribution in [3.63, 3.8) is 0 Å². The average molecular weight is 535 g/mol. The summed E-state index contributed by atoms with van der Waals surface area (Å²) in [6.45, 7) is 1.97. The van der Waals surface area contributed by atoms with Crippen LogP contribution in [0.5, 0.6) is 17.2 Å². The lowest BCUT2D eigenvalue weighted by atomic mass is 10.1. The smallest absolute Gasteiger partial charge is 0.266 e. The van der Waals surface area contributed by atoms with Crippen molar-refractivity contribution in [1.82, 2.24) is 9.55 Å². The number of aryl methyl sites for hydroxylation is 1. The predicted molar refractivity (Wildman–Crippen MR) is 157 cm³/mol. The molecule has 0 unspecified atom stereocenters. The number of nitrogens with zero attached hydrogens (tertiary/aromatic N) is 2. The zero-order valence-corrected chi connectivity index (χ0v) is 22.8. The molecular weight excluding hydrogens is 508 g/mol. The molecule has 0 aliphatic rings. The van der Waals surface area contributed by atoms with Gasteiger partial charge in [0.15, 0.2) is 11.5 Å². The van der Waals surface area contributed by atoms with Gasteiger partial charge in [-0.2, -0.15) is 0 Å². The van der Waals surface area contributed by atoms with Crippen LogP contribution in [0.2, 0.25) is 0 Å². The molecule has 7 heteroatoms. The van der Waals surface area contributed by atoms with Crippen molar-refractivity contribution in [2.75, 3.05) is 21.3 Å². The van der Waals surface area contributed by atoms with Gasteiger partial charge in [0.05, 0.1) is 42.8 Å². The first-order valence-electron chi connectivity index (χ1n) is 12.2. The minimum atomic E-state index is -0.148. The molecule has 0 saturated heterocycles. The fourth-order valence-electron chi connectivity index (χ4n) is 4.33. The van der Waals surface area contributed by atoms with Crippen LogP contribution in [-0.2, 0) is 0 Å². The normalized spacial score (nSPS) is 10.9. The Morgan fingerprint density at radius 3 is 2.31 bits per heavy atom. The Morgan fingerprint density at radius 1 is 0.872 bits per heavy atom. The van der Waals surface area contributed by atoms with Crippen LogP contribution < -0.4 is 19.8 Å². The van der Waals surface area contributed by atoms with Crippen LogP contribution in [-0.4, -0.2) is 30.9 Å². The lowest BCUT2D eigenvalue weighted by Gasteiger charge is -2.15. The molecule has 2 aromatic heterocycles. The average Bonchev–Trinajstić information content (AvgIpc) is 3.49. The van der Waals surface area contributed by atoms with Gasteiger partial charge in [-0.25, -0.2) is 4.98 Å². The molecule has 39 heavy (non-hydrogen) atoms. The standard InChI is InChI=1S/C32H26N2O4S/c1-21-18-22(11-14-24-8-7-17-39-24)12-15-27(21)34-30(33-26-10-6-5-9-25(26)32(34)35)16-13-23-19-28(36-2)31(38-4)29(20-23)37-3/h5-10,12-13,15-20H,1-4H3/b16-13+. The van der Waals surface area contributed by atoms with Gasteiger partial charge in [-0.1, -0.05) is 36.1 Å². The van der Waals surface area contributed by atoms with Gasteiger partial charge in [-0.15, -0.1) is 11.3 Å². The topological polar surface area (TPSA) is 62.6 Å². The lowest BCUT2D eigenvalue weighted by molar-refractivity contribution is 0.324. The Hall–Kier alpha value is -4.80. The van der Waals surface area contributed by atoms with E-state index >= 15 is 0 Å². The molecule has 0 saturated carbocycles. The molecule has 5 aromatic rings. The van der Waals surface area contributed by atoms with E-state index in [1.54, 1.807) is 43.3 Å². The summed E-state index contributed by atoms with van der Waals surface area (Å²) in [4.78, 5) is 19.6. The third-order valence-corrected chi connectivity index (χ3v) is 6.99. The molecule has 0 N–H and O–H groups in total. The molecular formula is C32H26N2O4S. The molecule has 0 radical (unpaired) electrons. The molecule has 0 aliphatic carbocycles. The number of para-hydroxylation sites is 1. The molecule has 0 atom stereocenters. The molecule has 0 bridgehead atoms. The molecule has 2 heterocycles. The molecule has 194 valence electrons. The number of thiophene rings is 1. The number of hydrogen-bond donors (Lipinski definition) is 0. The third kappa shape index (κ3) is 5.28. The van der Waals surface area contributed by atoms with Crippen molar-refractivity contribution in [1.29, 1.82) is 0 Å². The van der Waals surface area contributed by atoms with E-state index in [0.717, 1.165) is 27.3 Å². The van der Waals surface area contributed by atoms with Crippen molar-refractivity contribution >= 4 is 34.4 Å². The number of fused-ring (bicyclic) bond motifs is 1. The van der Waals surface area contributed by atoms with Crippen LogP contribution in [0, 0.1) is 18.8 Å². The molecule has 0 aliphatic heterocycles. The zero-order chi connectivity index (χ0) is 27.4. The highest BCUT2D eigenvalue weighted by atomic mass is 32.1. The Bertz CT molecular complexity index is 1780. The minimum absolute atomic E-state index is 0.148. The molecule has 0 amide bonds. The van der Waals surface area contributed by atoms with Crippen molar-refractivity contribution in [3.8, 4) is 34.8 Å². The van der Waals surface area contributed by atoms with Gasteiger partial charge in [-0.05, 0) is 78.0 Å². The van der Waals surface area contributed by atoms with Crippen molar-refractivity contribution in [2.45, 2.75) is 6.92 Å². The second kappa shape index (κ2) is 11.3. The fourth-order valence-corrected chi connectivity index (χ4v) is 4.90. The Morgan fingerprint density at radius 2 is 1.64 bits per heavy atom. The maximum Gasteiger partial charge on any atom is 0.266 e. The van der Waals surface area contributed by atoms with E-state index in [-0.39, 0.29) is 5.56 Å². The molecule has 3 aromatic carbocycles. The van der Waals surface area contributed by atoms with Crippen molar-refractivity contribution in [3.05, 3.63) is 110 Å². The quantitative estimate of drug-likeness (QED) is 0.238. The van der Waals surface area contributed by atoms with Crippen LogP contribution >= 0.6 is 11.3 Å². The molecule has 6 nitrogen and oxygen atoms in total. The van der Waals surface area contributed by atoms with Crippen LogP contribution in [0.3, 0.4) is 0 Å². The summed E-state index contributed by atoms with van der Waals surface area (Å²) >= 11 is 1.60. The maximum absolute atomic E-state index is 13.8. The van der Waals surface area contributed by atoms with Gasteiger partial charge >= 0.3 is 0 Å². The Kier molecular flexibility index (Phi) is 7.48. The van der Waals surface area contributed by atoms with Gasteiger partial charge in [0.25, 0.3) is 5.56 Å². The Labute approximate surface area is 230 Å². The second-order valence-electron chi connectivity index (χ2n) is 8.65. The van der Waals surface area contributed by atoms with E-state index in [1.165, 1.54) is 0 Å². The second-order valence-corrected chi connectivity index (χ2v) is 9.60. The summed E-state index contributed by atoms with van der Waals surface area (Å²) in [5, 5.41) is 2.55. The first-order valence-corrected chi connectivity index (χ1v) is 13.1. The highest BCUT2D eigenvalue weighted by Gasteiger charge is 2.15. The highest BCUT2D eigenvalue weighted by molar-refractivity contribution is 7.10. The van der Waals surface area contributed by atoms with Crippen molar-refractivity contribution in [2.24, 2.45) is 0 Å². The molecule has 0 spiro atoms. The number of ether oxygens (including phenoxy) is 3.